The van der Waals surface area contributed by atoms with Gasteiger partial charge in [0.05, 0.1) is 6.61 Å². The van der Waals surface area contributed by atoms with Crippen LogP contribution >= 0.6 is 0 Å². The van der Waals surface area contributed by atoms with Crippen LogP contribution in [0.5, 0.6) is 0 Å². The van der Waals surface area contributed by atoms with Crippen molar-refractivity contribution in [2.45, 2.75) is 24.9 Å². The molecule has 1 aliphatic rings. The summed E-state index contributed by atoms with van der Waals surface area (Å²) in [5.74, 6) is 0. The molecule has 0 aliphatic heterocycles. The molecule has 0 aromatic rings. The van der Waals surface area contributed by atoms with Crippen LogP contribution in [0.1, 0.15) is 12.8 Å². The SMILES string of the molecule is COCC(CN)N(C)C1CC1. The first kappa shape index (κ1) is 8.97. The molecule has 0 heterocycles. The molecule has 11 heavy (non-hydrogen) atoms. The molecule has 0 spiro atoms. The van der Waals surface area contributed by atoms with E-state index in [1.807, 2.05) is 0 Å². The van der Waals surface area contributed by atoms with Gasteiger partial charge in [-0.05, 0) is 19.9 Å². The van der Waals surface area contributed by atoms with Gasteiger partial charge in [0, 0.05) is 25.7 Å². The first-order valence-corrected chi connectivity index (χ1v) is 4.20. The number of nitrogens with zero attached hydrogens (tertiary/aromatic N) is 1. The molecule has 1 unspecified atom stereocenters. The number of hydrogen-bond donors (Lipinski definition) is 1. The maximum atomic E-state index is 5.60. The number of hydrogen-bond acceptors (Lipinski definition) is 3. The highest BCUT2D eigenvalue weighted by atomic mass is 16.5. The van der Waals surface area contributed by atoms with Crippen molar-refractivity contribution in [2.24, 2.45) is 5.73 Å². The van der Waals surface area contributed by atoms with Crippen LogP contribution in [0, 0.1) is 0 Å². The molecule has 0 amide bonds. The highest BCUT2D eigenvalue weighted by molar-refractivity contribution is 4.86. The van der Waals surface area contributed by atoms with Gasteiger partial charge in [-0.2, -0.15) is 0 Å². The summed E-state index contributed by atoms with van der Waals surface area (Å²) in [4.78, 5) is 2.34. The van der Waals surface area contributed by atoms with Crippen LogP contribution in [0.15, 0.2) is 0 Å². The fraction of sp³-hybridized carbons (Fsp3) is 1.00. The maximum Gasteiger partial charge on any atom is 0.0630 e. The van der Waals surface area contributed by atoms with Gasteiger partial charge < -0.3 is 10.5 Å². The lowest BCUT2D eigenvalue weighted by Gasteiger charge is -2.25. The minimum absolute atomic E-state index is 0.410. The molecule has 0 saturated heterocycles. The minimum atomic E-state index is 0.410. The highest BCUT2D eigenvalue weighted by Crippen LogP contribution is 2.26. The quantitative estimate of drug-likeness (QED) is 0.614. The molecule has 1 rings (SSSR count). The molecule has 1 fully saturated rings. The lowest BCUT2D eigenvalue weighted by Crippen LogP contribution is -2.42. The van der Waals surface area contributed by atoms with E-state index < -0.39 is 0 Å². The van der Waals surface area contributed by atoms with Gasteiger partial charge in [-0.3, -0.25) is 4.90 Å². The summed E-state index contributed by atoms with van der Waals surface area (Å²) in [6.07, 6.45) is 2.66. The van der Waals surface area contributed by atoms with Crippen LogP contribution in [0.3, 0.4) is 0 Å². The predicted molar refractivity (Wildman–Crippen MR) is 45.5 cm³/mol. The van der Waals surface area contributed by atoms with Crippen LogP contribution in [-0.2, 0) is 4.74 Å². The number of rotatable bonds is 5. The van der Waals surface area contributed by atoms with E-state index in [1.165, 1.54) is 12.8 Å². The molecular formula is C8H18N2O. The van der Waals surface area contributed by atoms with E-state index in [2.05, 4.69) is 11.9 Å². The van der Waals surface area contributed by atoms with Crippen LogP contribution in [0.25, 0.3) is 0 Å². The molecule has 66 valence electrons. The molecule has 0 bridgehead atoms. The van der Waals surface area contributed by atoms with Gasteiger partial charge in [0.1, 0.15) is 0 Å². The van der Waals surface area contributed by atoms with Crippen molar-refractivity contribution in [1.29, 1.82) is 0 Å². The van der Waals surface area contributed by atoms with Gasteiger partial charge in [0.15, 0.2) is 0 Å². The molecule has 3 heteroatoms. The zero-order valence-corrected chi connectivity index (χ0v) is 7.42. The molecule has 1 saturated carbocycles. The van der Waals surface area contributed by atoms with E-state index in [0.29, 0.717) is 12.6 Å². The van der Waals surface area contributed by atoms with Crippen molar-refractivity contribution in [3.63, 3.8) is 0 Å². The summed E-state index contributed by atoms with van der Waals surface area (Å²) in [7, 11) is 3.86. The van der Waals surface area contributed by atoms with E-state index in [1.54, 1.807) is 7.11 Å². The summed E-state index contributed by atoms with van der Waals surface area (Å²) in [6.45, 7) is 1.45. The second-order valence-corrected chi connectivity index (χ2v) is 3.24. The zero-order chi connectivity index (χ0) is 8.27. The summed E-state index contributed by atoms with van der Waals surface area (Å²) in [5.41, 5.74) is 5.60. The van der Waals surface area contributed by atoms with Gasteiger partial charge >= 0.3 is 0 Å². The summed E-state index contributed by atoms with van der Waals surface area (Å²) in [5, 5.41) is 0. The van der Waals surface area contributed by atoms with Crippen LogP contribution in [0.4, 0.5) is 0 Å². The van der Waals surface area contributed by atoms with Gasteiger partial charge in [0.2, 0.25) is 0 Å². The normalized spacial score (nSPS) is 20.7. The lowest BCUT2D eigenvalue weighted by atomic mass is 10.3. The average molecular weight is 158 g/mol. The van der Waals surface area contributed by atoms with Gasteiger partial charge in [-0.15, -0.1) is 0 Å². The first-order valence-electron chi connectivity index (χ1n) is 4.20. The van der Waals surface area contributed by atoms with Crippen molar-refractivity contribution in [2.75, 3.05) is 27.3 Å². The molecule has 0 aromatic carbocycles. The van der Waals surface area contributed by atoms with Crippen molar-refractivity contribution >= 4 is 0 Å². The number of likely N-dealkylation sites (N-methyl/N-ethyl adjacent to an activating group) is 1. The minimum Gasteiger partial charge on any atom is -0.383 e. The molecule has 0 radical (unpaired) electrons. The Labute approximate surface area is 68.5 Å². The van der Waals surface area contributed by atoms with E-state index in [-0.39, 0.29) is 0 Å². The maximum absolute atomic E-state index is 5.60. The molecule has 2 N–H and O–H groups in total. The summed E-state index contributed by atoms with van der Waals surface area (Å²) < 4.78 is 5.07. The standard InChI is InChI=1S/C8H18N2O/c1-10(7-3-4-7)8(5-9)6-11-2/h7-8H,3-6,9H2,1-2H3. The van der Waals surface area contributed by atoms with Crippen LogP contribution in [0.2, 0.25) is 0 Å². The van der Waals surface area contributed by atoms with Gasteiger partial charge in [0.25, 0.3) is 0 Å². The molecule has 1 aliphatic carbocycles. The predicted octanol–water partition coefficient (Wildman–Crippen LogP) is 0.0543. The summed E-state index contributed by atoms with van der Waals surface area (Å²) in [6, 6.07) is 1.19. The molecule has 0 aromatic heterocycles. The van der Waals surface area contributed by atoms with Crippen molar-refractivity contribution < 1.29 is 4.74 Å². The van der Waals surface area contributed by atoms with Crippen molar-refractivity contribution in [3.05, 3.63) is 0 Å². The number of ether oxygens (including phenoxy) is 1. The number of methoxy groups -OCH3 is 1. The Morgan fingerprint density at radius 2 is 2.27 bits per heavy atom. The van der Waals surface area contributed by atoms with E-state index in [9.17, 15) is 0 Å². The summed E-state index contributed by atoms with van der Waals surface area (Å²) >= 11 is 0. The Morgan fingerprint density at radius 3 is 2.64 bits per heavy atom. The Kier molecular flexibility index (Phi) is 3.30. The van der Waals surface area contributed by atoms with E-state index in [0.717, 1.165) is 12.6 Å². The zero-order valence-electron chi connectivity index (χ0n) is 7.42. The van der Waals surface area contributed by atoms with E-state index >= 15 is 0 Å². The van der Waals surface area contributed by atoms with Crippen molar-refractivity contribution in [1.82, 2.24) is 4.90 Å². The topological polar surface area (TPSA) is 38.5 Å². The molecule has 3 nitrogen and oxygen atoms in total. The van der Waals surface area contributed by atoms with Gasteiger partial charge in [-0.1, -0.05) is 0 Å². The van der Waals surface area contributed by atoms with Crippen molar-refractivity contribution in [3.8, 4) is 0 Å². The largest absolute Gasteiger partial charge is 0.383 e. The second-order valence-electron chi connectivity index (χ2n) is 3.24. The third kappa shape index (κ3) is 2.43. The van der Waals surface area contributed by atoms with Crippen LogP contribution < -0.4 is 5.73 Å². The Morgan fingerprint density at radius 1 is 1.64 bits per heavy atom. The third-order valence-electron chi connectivity index (χ3n) is 2.33. The fourth-order valence-corrected chi connectivity index (χ4v) is 1.32. The lowest BCUT2D eigenvalue weighted by molar-refractivity contribution is 0.106. The average Bonchev–Trinajstić information content (AvgIpc) is 2.81. The molecular weight excluding hydrogens is 140 g/mol. The van der Waals surface area contributed by atoms with E-state index in [4.69, 9.17) is 10.5 Å². The number of nitrogens with two attached hydrogens (primary N) is 1. The smallest absolute Gasteiger partial charge is 0.0630 e. The van der Waals surface area contributed by atoms with Crippen LogP contribution in [-0.4, -0.2) is 44.3 Å². The Bertz CT molecular complexity index is 115. The monoisotopic (exact) mass is 158 g/mol. The Hall–Kier alpha value is -0.120. The first-order chi connectivity index (χ1) is 5.29. The third-order valence-corrected chi connectivity index (χ3v) is 2.33. The van der Waals surface area contributed by atoms with Gasteiger partial charge in [-0.25, -0.2) is 0 Å². The highest BCUT2D eigenvalue weighted by Gasteiger charge is 2.30. The Balaban J connectivity index is 2.26. The second kappa shape index (κ2) is 4.04. The molecule has 1 atom stereocenters. The fourth-order valence-electron chi connectivity index (χ4n) is 1.32.